The maximum atomic E-state index is 2.82. The molecule has 0 bridgehead atoms. The van der Waals surface area contributed by atoms with E-state index in [1.54, 1.807) is 0 Å². The van der Waals surface area contributed by atoms with E-state index in [0.29, 0.717) is 0 Å². The molecule has 0 N–H and O–H groups in total. The van der Waals surface area contributed by atoms with Crippen molar-refractivity contribution in [2.45, 2.75) is 56.0 Å². The fourth-order valence-electron chi connectivity index (χ4n) is 7.55. The molecule has 4 aliphatic carbocycles. The van der Waals surface area contributed by atoms with E-state index in [9.17, 15) is 0 Å². The summed E-state index contributed by atoms with van der Waals surface area (Å²) in [5.74, 6) is 3.51. The Morgan fingerprint density at radius 3 is 1.58 bits per heavy atom. The van der Waals surface area contributed by atoms with Gasteiger partial charge in [-0.2, -0.15) is 0 Å². The van der Waals surface area contributed by atoms with Crippen LogP contribution < -0.4 is 0 Å². The summed E-state index contributed by atoms with van der Waals surface area (Å²) in [5.41, 5.74) is 3.72. The summed E-state index contributed by atoms with van der Waals surface area (Å²) in [6.07, 6.45) is 20.1. The van der Waals surface area contributed by atoms with Gasteiger partial charge in [-0.15, -0.1) is 24.8 Å². The fourth-order valence-corrected chi connectivity index (χ4v) is 32.9. The van der Waals surface area contributed by atoms with Gasteiger partial charge in [0.2, 0.25) is 0 Å². The van der Waals surface area contributed by atoms with Crippen LogP contribution in [0.2, 0.25) is 16.5 Å². The van der Waals surface area contributed by atoms with Crippen LogP contribution in [0.4, 0.5) is 0 Å². The van der Waals surface area contributed by atoms with Crippen LogP contribution in [0, 0.1) is 23.7 Å². The first-order valence-electron chi connectivity index (χ1n) is 10.1. The molecule has 4 heteroatoms. The topological polar surface area (TPSA) is 0 Å². The number of fused-ring (bicyclic) bond motifs is 2. The van der Waals surface area contributed by atoms with Gasteiger partial charge in [0.25, 0.3) is 0 Å². The van der Waals surface area contributed by atoms with Crippen LogP contribution in [0.15, 0.2) is 47.6 Å². The molecule has 0 amide bonds. The van der Waals surface area contributed by atoms with Crippen molar-refractivity contribution in [3.05, 3.63) is 47.6 Å². The second-order valence-corrected chi connectivity index (χ2v) is 41.1. The van der Waals surface area contributed by atoms with Crippen molar-refractivity contribution in [2.24, 2.45) is 23.7 Å². The monoisotopic (exact) mass is 488 g/mol. The number of halogens is 2. The first-order valence-corrected chi connectivity index (χ1v) is 23.8. The molecule has 0 aromatic rings. The summed E-state index contributed by atoms with van der Waals surface area (Å²) in [4.78, 5) is 0. The van der Waals surface area contributed by atoms with Crippen molar-refractivity contribution in [1.29, 1.82) is 0 Å². The minimum absolute atomic E-state index is 0. The van der Waals surface area contributed by atoms with Crippen molar-refractivity contribution in [3.63, 3.8) is 0 Å². The van der Waals surface area contributed by atoms with Gasteiger partial charge in [-0.25, -0.2) is 0 Å². The molecule has 0 heterocycles. The normalized spacial score (nSPS) is 38.5. The van der Waals surface area contributed by atoms with Crippen molar-refractivity contribution in [3.8, 4) is 0 Å². The quantitative estimate of drug-likeness (QED) is 0.372. The van der Waals surface area contributed by atoms with Gasteiger partial charge < -0.3 is 0 Å². The predicted octanol–water partition coefficient (Wildman–Crippen LogP) is 6.83. The van der Waals surface area contributed by atoms with Gasteiger partial charge in [-0.3, -0.25) is 0 Å². The Labute approximate surface area is 175 Å². The third-order valence-corrected chi connectivity index (χ3v) is 27.5. The van der Waals surface area contributed by atoms with Gasteiger partial charge in [-0.1, -0.05) is 0 Å². The number of hydrogen-bond donors (Lipinski definition) is 0. The molecule has 0 nitrogen and oxygen atoms in total. The van der Waals surface area contributed by atoms with Crippen LogP contribution in [0.25, 0.3) is 0 Å². The van der Waals surface area contributed by atoms with Crippen molar-refractivity contribution in [1.82, 2.24) is 0 Å². The molecule has 6 atom stereocenters. The van der Waals surface area contributed by atoms with Crippen LogP contribution in [-0.2, 0) is 17.4 Å². The van der Waals surface area contributed by atoms with Crippen LogP contribution in [0.1, 0.15) is 39.5 Å². The van der Waals surface area contributed by atoms with E-state index in [2.05, 4.69) is 66.4 Å². The van der Waals surface area contributed by atoms with Gasteiger partial charge >= 0.3 is 152 Å². The Morgan fingerprint density at radius 2 is 1.19 bits per heavy atom. The maximum Gasteiger partial charge on any atom is -0.147 e. The largest absolute Gasteiger partial charge is 0.147 e. The van der Waals surface area contributed by atoms with Gasteiger partial charge in [0.15, 0.2) is 0 Å². The molecule has 0 aliphatic heterocycles. The number of hydrogen-bond acceptors (Lipinski definition) is 0. The average Bonchev–Trinajstić information content (AvgIpc) is 3.02. The molecule has 26 heavy (non-hydrogen) atoms. The van der Waals surface area contributed by atoms with E-state index in [1.807, 2.05) is 11.1 Å². The van der Waals surface area contributed by atoms with E-state index < -0.39 is 17.4 Å². The van der Waals surface area contributed by atoms with Gasteiger partial charge in [0.05, 0.1) is 0 Å². The van der Waals surface area contributed by atoms with Gasteiger partial charge in [0, 0.05) is 0 Å². The molecule has 0 spiro atoms. The molecule has 0 saturated heterocycles. The molecule has 2 saturated carbocycles. The Hall–Kier alpha value is 0.640. The SMILES string of the molecule is CC1CC2CC=CC=C2[CH]1[Zr]([CH3])([CH3])(=[SiH2])[CH]1C2=CC=CCC2CC1C.Cl.Cl. The van der Waals surface area contributed by atoms with E-state index >= 15 is 0 Å². The van der Waals surface area contributed by atoms with E-state index in [4.69, 9.17) is 0 Å². The third kappa shape index (κ3) is 3.51. The Bertz CT molecular complexity index is 683. The second-order valence-electron chi connectivity index (χ2n) is 10.4. The van der Waals surface area contributed by atoms with Crippen LogP contribution in [-0.4, -0.2) is 6.88 Å². The summed E-state index contributed by atoms with van der Waals surface area (Å²) in [6.45, 7) is 7.69. The zero-order valence-electron chi connectivity index (χ0n) is 16.8. The van der Waals surface area contributed by atoms with E-state index in [1.165, 1.54) is 25.7 Å². The molecular formula is C22H36Cl2SiZr. The maximum absolute atomic E-state index is 2.93. The van der Waals surface area contributed by atoms with Crippen molar-refractivity contribution in [2.75, 3.05) is 0 Å². The molecular weight excluding hydrogens is 454 g/mol. The first-order chi connectivity index (χ1) is 11.3. The molecule has 0 radical (unpaired) electrons. The predicted molar refractivity (Wildman–Crippen MR) is 120 cm³/mol. The molecule has 4 rings (SSSR count). The molecule has 0 aromatic carbocycles. The van der Waals surface area contributed by atoms with Gasteiger partial charge in [0.1, 0.15) is 0 Å². The standard InChI is InChI=1S/2C10H13.2CH3.2ClH.H2Si.Zr/c2*1-8-6-9-4-2-3-5-10(9)7-8;;;;;;/h2*2-4,6,8,10H,5,7H2,1H3;2*1H3;2*1H;1H2;. The summed E-state index contributed by atoms with van der Waals surface area (Å²) in [6, 6.07) is 0. The molecule has 4 aliphatic rings. The average molecular weight is 491 g/mol. The number of allylic oxidation sites excluding steroid dienone is 8. The Morgan fingerprint density at radius 1 is 0.808 bits per heavy atom. The van der Waals surface area contributed by atoms with Gasteiger partial charge in [-0.05, 0) is 0 Å². The molecule has 146 valence electrons. The van der Waals surface area contributed by atoms with Crippen LogP contribution in [0.3, 0.4) is 0 Å². The second kappa shape index (κ2) is 7.81. The van der Waals surface area contributed by atoms with Crippen LogP contribution in [0.5, 0.6) is 0 Å². The zero-order valence-corrected chi connectivity index (χ0v) is 22.3. The number of rotatable bonds is 2. The molecule has 6 unspecified atom stereocenters. The fraction of sp³-hybridized carbons (Fsp3) is 0.636. The third-order valence-electron chi connectivity index (χ3n) is 7.85. The van der Waals surface area contributed by atoms with E-state index in [0.717, 1.165) is 30.9 Å². The summed E-state index contributed by atoms with van der Waals surface area (Å²) in [5, 5.41) is 0. The molecule has 2 fully saturated rings. The summed E-state index contributed by atoms with van der Waals surface area (Å²) >= 11 is -2.93. The first kappa shape index (κ1) is 22.9. The van der Waals surface area contributed by atoms with E-state index in [-0.39, 0.29) is 24.8 Å². The smallest absolute Gasteiger partial charge is 0.147 e. The summed E-state index contributed by atoms with van der Waals surface area (Å²) in [7, 11) is 0. The van der Waals surface area contributed by atoms with Crippen molar-refractivity contribution < 1.29 is 17.4 Å². The Kier molecular flexibility index (Phi) is 6.89. The van der Waals surface area contributed by atoms with Crippen LogP contribution >= 0.6 is 24.8 Å². The van der Waals surface area contributed by atoms with Crippen molar-refractivity contribution >= 4 is 31.7 Å². The minimum Gasteiger partial charge on any atom is -0.147 e. The molecule has 0 aromatic heterocycles. The summed E-state index contributed by atoms with van der Waals surface area (Å²) < 4.78 is 7.51. The zero-order chi connectivity index (χ0) is 17.1. The Balaban J connectivity index is 0.00000121. The minimum atomic E-state index is -2.93.